The lowest BCUT2D eigenvalue weighted by Crippen LogP contribution is -2.08. The molecule has 5 heteroatoms. The molecule has 1 N–H and O–H groups in total. The second-order valence-corrected chi connectivity index (χ2v) is 4.98. The number of nitrogens with one attached hydrogen (secondary N) is 1. The van der Waals surface area contributed by atoms with Gasteiger partial charge in [-0.3, -0.25) is 4.79 Å². The highest BCUT2D eigenvalue weighted by Crippen LogP contribution is 2.29. The van der Waals surface area contributed by atoms with Gasteiger partial charge in [0.15, 0.2) is 0 Å². The molecule has 0 unspecified atom stereocenters. The van der Waals surface area contributed by atoms with E-state index in [1.165, 1.54) is 6.08 Å². The van der Waals surface area contributed by atoms with E-state index in [1.54, 1.807) is 31.4 Å². The van der Waals surface area contributed by atoms with Gasteiger partial charge in [-0.2, -0.15) is 0 Å². The normalized spacial score (nSPS) is 10.6. The largest absolute Gasteiger partial charge is 0.497 e. The number of rotatable bonds is 4. The van der Waals surface area contributed by atoms with E-state index in [0.29, 0.717) is 15.7 Å². The number of anilines is 1. The molecule has 0 aliphatic carbocycles. The standard InChI is InChI=1S/C16H13Cl2NO2/c1-21-12-8-5-11(6-9-12)7-10-15(20)19-14-4-2-3-13(17)16(14)18/h2-10H,1H3,(H,19,20). The van der Waals surface area contributed by atoms with Gasteiger partial charge < -0.3 is 10.1 Å². The number of carbonyl (C=O) groups is 1. The lowest BCUT2D eigenvalue weighted by atomic mass is 10.2. The minimum atomic E-state index is -0.282. The number of halogens is 2. The maximum Gasteiger partial charge on any atom is 0.248 e. The van der Waals surface area contributed by atoms with Gasteiger partial charge in [-0.1, -0.05) is 41.4 Å². The molecule has 3 nitrogen and oxygen atoms in total. The van der Waals surface area contributed by atoms with E-state index < -0.39 is 0 Å². The maximum atomic E-state index is 11.8. The molecule has 2 aromatic carbocycles. The summed E-state index contributed by atoms with van der Waals surface area (Å²) in [6.45, 7) is 0. The molecule has 0 aliphatic heterocycles. The third-order valence-corrected chi connectivity index (χ3v) is 3.57. The highest BCUT2D eigenvalue weighted by molar-refractivity contribution is 6.44. The van der Waals surface area contributed by atoms with Crippen LogP contribution < -0.4 is 10.1 Å². The summed E-state index contributed by atoms with van der Waals surface area (Å²) in [5, 5.41) is 3.40. The van der Waals surface area contributed by atoms with Gasteiger partial charge in [-0.15, -0.1) is 0 Å². The van der Waals surface area contributed by atoms with Gasteiger partial charge in [0.25, 0.3) is 0 Å². The molecule has 2 aromatic rings. The first-order valence-corrected chi connectivity index (χ1v) is 6.93. The zero-order valence-corrected chi connectivity index (χ0v) is 12.8. The van der Waals surface area contributed by atoms with Crippen LogP contribution in [0.4, 0.5) is 5.69 Å². The second kappa shape index (κ2) is 7.16. The Morgan fingerprint density at radius 2 is 1.86 bits per heavy atom. The first-order chi connectivity index (χ1) is 10.1. The molecule has 0 bridgehead atoms. The summed E-state index contributed by atoms with van der Waals surface area (Å²) in [4.78, 5) is 11.8. The summed E-state index contributed by atoms with van der Waals surface area (Å²) >= 11 is 11.9. The van der Waals surface area contributed by atoms with Gasteiger partial charge in [0.05, 0.1) is 22.8 Å². The topological polar surface area (TPSA) is 38.3 Å². The van der Waals surface area contributed by atoms with E-state index in [-0.39, 0.29) is 5.91 Å². The number of amides is 1. The van der Waals surface area contributed by atoms with Crippen LogP contribution in [-0.4, -0.2) is 13.0 Å². The maximum absolute atomic E-state index is 11.8. The summed E-state index contributed by atoms with van der Waals surface area (Å²) in [7, 11) is 1.60. The molecule has 0 spiro atoms. The van der Waals surface area contributed by atoms with Crippen LogP contribution in [0.25, 0.3) is 6.08 Å². The zero-order chi connectivity index (χ0) is 15.2. The summed E-state index contributed by atoms with van der Waals surface area (Å²) < 4.78 is 5.07. The Morgan fingerprint density at radius 1 is 1.14 bits per heavy atom. The number of hydrogen-bond acceptors (Lipinski definition) is 2. The number of ether oxygens (including phenoxy) is 1. The molecule has 21 heavy (non-hydrogen) atoms. The number of benzene rings is 2. The van der Waals surface area contributed by atoms with Crippen molar-refractivity contribution in [1.29, 1.82) is 0 Å². The molecule has 0 saturated heterocycles. The fourth-order valence-corrected chi connectivity index (χ4v) is 2.01. The Bertz CT molecular complexity index is 666. The summed E-state index contributed by atoms with van der Waals surface area (Å²) in [6.07, 6.45) is 3.13. The van der Waals surface area contributed by atoms with Crippen LogP contribution in [0.1, 0.15) is 5.56 Å². The Hall–Kier alpha value is -1.97. The van der Waals surface area contributed by atoms with Crippen molar-refractivity contribution in [1.82, 2.24) is 0 Å². The van der Waals surface area contributed by atoms with Crippen LogP contribution in [0, 0.1) is 0 Å². The molecule has 1 amide bonds. The van der Waals surface area contributed by atoms with E-state index in [9.17, 15) is 4.79 Å². The molecular weight excluding hydrogens is 309 g/mol. The molecule has 0 fully saturated rings. The molecule has 0 aliphatic rings. The molecular formula is C16H13Cl2NO2. The molecule has 0 heterocycles. The molecule has 0 radical (unpaired) electrons. The Kier molecular flexibility index (Phi) is 5.26. The van der Waals surface area contributed by atoms with Gasteiger partial charge in [-0.05, 0) is 35.9 Å². The minimum absolute atomic E-state index is 0.282. The molecule has 108 valence electrons. The highest BCUT2D eigenvalue weighted by atomic mass is 35.5. The van der Waals surface area contributed by atoms with E-state index in [0.717, 1.165) is 11.3 Å². The van der Waals surface area contributed by atoms with Crippen molar-refractivity contribution >= 4 is 40.9 Å². The van der Waals surface area contributed by atoms with Crippen LogP contribution in [-0.2, 0) is 4.79 Å². The summed E-state index contributed by atoms with van der Waals surface area (Å²) in [6, 6.07) is 12.4. The van der Waals surface area contributed by atoms with Crippen molar-refractivity contribution in [3.05, 3.63) is 64.1 Å². The predicted octanol–water partition coefficient (Wildman–Crippen LogP) is 4.65. The highest BCUT2D eigenvalue weighted by Gasteiger charge is 2.05. The first kappa shape index (κ1) is 15.4. The van der Waals surface area contributed by atoms with Crippen LogP contribution in [0.15, 0.2) is 48.5 Å². The molecule has 0 atom stereocenters. The molecule has 0 saturated carbocycles. The van der Waals surface area contributed by atoms with E-state index in [1.807, 2.05) is 24.3 Å². The Balaban J connectivity index is 2.03. The van der Waals surface area contributed by atoms with Crippen molar-refractivity contribution in [2.24, 2.45) is 0 Å². The van der Waals surface area contributed by atoms with Gasteiger partial charge >= 0.3 is 0 Å². The minimum Gasteiger partial charge on any atom is -0.497 e. The van der Waals surface area contributed by atoms with Crippen LogP contribution >= 0.6 is 23.2 Å². The molecule has 0 aromatic heterocycles. The average Bonchev–Trinajstić information content (AvgIpc) is 2.50. The average molecular weight is 322 g/mol. The first-order valence-electron chi connectivity index (χ1n) is 6.17. The van der Waals surface area contributed by atoms with Gasteiger partial charge in [0, 0.05) is 6.08 Å². The van der Waals surface area contributed by atoms with Gasteiger partial charge in [0.2, 0.25) is 5.91 Å². The fourth-order valence-electron chi connectivity index (χ4n) is 1.66. The Morgan fingerprint density at radius 3 is 2.52 bits per heavy atom. The fraction of sp³-hybridized carbons (Fsp3) is 0.0625. The smallest absolute Gasteiger partial charge is 0.248 e. The zero-order valence-electron chi connectivity index (χ0n) is 11.3. The Labute approximate surface area is 133 Å². The van der Waals surface area contributed by atoms with Crippen LogP contribution in [0.5, 0.6) is 5.75 Å². The van der Waals surface area contributed by atoms with Crippen molar-refractivity contribution < 1.29 is 9.53 Å². The number of methoxy groups -OCH3 is 1. The quantitative estimate of drug-likeness (QED) is 0.832. The lowest BCUT2D eigenvalue weighted by molar-refractivity contribution is -0.111. The van der Waals surface area contributed by atoms with Crippen molar-refractivity contribution in [2.45, 2.75) is 0 Å². The van der Waals surface area contributed by atoms with Crippen molar-refractivity contribution in [3.8, 4) is 5.75 Å². The third-order valence-electron chi connectivity index (χ3n) is 2.75. The van der Waals surface area contributed by atoms with E-state index in [4.69, 9.17) is 27.9 Å². The van der Waals surface area contributed by atoms with E-state index in [2.05, 4.69) is 5.32 Å². The third kappa shape index (κ3) is 4.25. The number of carbonyl (C=O) groups excluding carboxylic acids is 1. The van der Waals surface area contributed by atoms with Crippen LogP contribution in [0.3, 0.4) is 0 Å². The SMILES string of the molecule is COc1ccc(C=CC(=O)Nc2cccc(Cl)c2Cl)cc1. The van der Waals surface area contributed by atoms with Crippen molar-refractivity contribution in [2.75, 3.05) is 12.4 Å². The number of hydrogen-bond donors (Lipinski definition) is 1. The summed E-state index contributed by atoms with van der Waals surface area (Å²) in [5.74, 6) is 0.484. The van der Waals surface area contributed by atoms with Gasteiger partial charge in [-0.25, -0.2) is 0 Å². The summed E-state index contributed by atoms with van der Waals surface area (Å²) in [5.41, 5.74) is 1.37. The van der Waals surface area contributed by atoms with E-state index >= 15 is 0 Å². The predicted molar refractivity (Wildman–Crippen MR) is 87.1 cm³/mol. The van der Waals surface area contributed by atoms with Crippen LogP contribution in [0.2, 0.25) is 10.0 Å². The second-order valence-electron chi connectivity index (χ2n) is 4.20. The van der Waals surface area contributed by atoms with Gasteiger partial charge in [0.1, 0.15) is 5.75 Å². The monoisotopic (exact) mass is 321 g/mol. The molecule has 2 rings (SSSR count). The lowest BCUT2D eigenvalue weighted by Gasteiger charge is -2.05. The van der Waals surface area contributed by atoms with Crippen molar-refractivity contribution in [3.63, 3.8) is 0 Å².